The van der Waals surface area contributed by atoms with Crippen LogP contribution in [0.5, 0.6) is 0 Å². The summed E-state index contributed by atoms with van der Waals surface area (Å²) in [5.41, 5.74) is 1.86. The molecule has 1 aromatic heterocycles. The second kappa shape index (κ2) is 8.48. The lowest BCUT2D eigenvalue weighted by Gasteiger charge is -2.21. The molecule has 2 rings (SSSR count). The van der Waals surface area contributed by atoms with Gasteiger partial charge in [0, 0.05) is 24.8 Å². The van der Waals surface area contributed by atoms with Gasteiger partial charge in [-0.1, -0.05) is 26.3 Å². The van der Waals surface area contributed by atoms with Crippen molar-refractivity contribution in [3.05, 3.63) is 30.2 Å². The molecule has 0 saturated carbocycles. The predicted molar refractivity (Wildman–Crippen MR) is 102 cm³/mol. The fraction of sp³-hybridized carbons (Fsp3) is 0.600. The summed E-state index contributed by atoms with van der Waals surface area (Å²) >= 11 is 0. The molecule has 0 aliphatic heterocycles. The van der Waals surface area contributed by atoms with Crippen LogP contribution in [-0.2, 0) is 11.3 Å². The summed E-state index contributed by atoms with van der Waals surface area (Å²) in [6.07, 6.45) is 2.40. The Bertz CT molecular complexity index is 661. The number of ether oxygens (including phenoxy) is 1. The molecule has 0 amide bonds. The van der Waals surface area contributed by atoms with Crippen molar-refractivity contribution in [1.29, 1.82) is 0 Å². The van der Waals surface area contributed by atoms with E-state index < -0.39 is 0 Å². The van der Waals surface area contributed by atoms with Crippen LogP contribution in [0.2, 0.25) is 0 Å². The van der Waals surface area contributed by atoms with E-state index in [1.54, 1.807) is 0 Å². The Morgan fingerprint density at radius 1 is 1.24 bits per heavy atom. The van der Waals surface area contributed by atoms with Crippen LogP contribution >= 0.6 is 0 Å². The molecule has 5 heteroatoms. The van der Waals surface area contributed by atoms with Gasteiger partial charge in [-0.25, -0.2) is 0 Å². The highest BCUT2D eigenvalue weighted by Gasteiger charge is 2.15. The summed E-state index contributed by atoms with van der Waals surface area (Å²) in [6.45, 7) is 11.9. The molecule has 2 aromatic rings. The third kappa shape index (κ3) is 6.16. The number of hydrogen-bond acceptors (Lipinski definition) is 5. The first-order valence-corrected chi connectivity index (χ1v) is 9.06. The van der Waals surface area contributed by atoms with Crippen molar-refractivity contribution in [2.45, 2.75) is 59.7 Å². The molecule has 5 nitrogen and oxygen atoms in total. The lowest BCUT2D eigenvalue weighted by Crippen LogP contribution is -2.20. The Morgan fingerprint density at radius 3 is 2.68 bits per heavy atom. The van der Waals surface area contributed by atoms with Gasteiger partial charge >= 0.3 is 0 Å². The standard InChI is InChI=1S/C20H31N3O2/c1-7-15(2)11-12-23(6)17-10-8-9-16(13-17)19-22-21-18(25-19)14-24-20(3,4)5/h8-10,13,15H,7,11-12,14H2,1-6H3. The van der Waals surface area contributed by atoms with Crippen LogP contribution in [0.4, 0.5) is 5.69 Å². The summed E-state index contributed by atoms with van der Waals surface area (Å²) in [6, 6.07) is 8.23. The summed E-state index contributed by atoms with van der Waals surface area (Å²) in [7, 11) is 2.12. The van der Waals surface area contributed by atoms with Crippen LogP contribution in [0.25, 0.3) is 11.5 Å². The second-order valence-corrected chi connectivity index (χ2v) is 7.68. The topological polar surface area (TPSA) is 51.4 Å². The fourth-order valence-corrected chi connectivity index (χ4v) is 2.33. The number of benzene rings is 1. The van der Waals surface area contributed by atoms with Gasteiger partial charge in [-0.15, -0.1) is 10.2 Å². The highest BCUT2D eigenvalue weighted by Crippen LogP contribution is 2.24. The van der Waals surface area contributed by atoms with Crippen LogP contribution in [-0.4, -0.2) is 29.4 Å². The van der Waals surface area contributed by atoms with Crippen molar-refractivity contribution >= 4 is 5.69 Å². The Balaban J connectivity index is 2.04. The highest BCUT2D eigenvalue weighted by molar-refractivity contribution is 5.61. The van der Waals surface area contributed by atoms with Crippen molar-refractivity contribution in [2.75, 3.05) is 18.5 Å². The molecule has 0 saturated heterocycles. The number of aromatic nitrogens is 2. The minimum atomic E-state index is -0.229. The zero-order valence-electron chi connectivity index (χ0n) is 16.4. The minimum absolute atomic E-state index is 0.229. The molecule has 0 aliphatic carbocycles. The SMILES string of the molecule is CCC(C)CCN(C)c1cccc(-c2nnc(COC(C)(C)C)o2)c1. The van der Waals surface area contributed by atoms with E-state index in [1.165, 1.54) is 12.8 Å². The van der Waals surface area contributed by atoms with Crippen molar-refractivity contribution in [3.63, 3.8) is 0 Å². The molecule has 0 N–H and O–H groups in total. The lowest BCUT2D eigenvalue weighted by atomic mass is 10.0. The lowest BCUT2D eigenvalue weighted by molar-refractivity contribution is -0.0242. The molecule has 1 aromatic carbocycles. The zero-order valence-corrected chi connectivity index (χ0v) is 16.4. The fourth-order valence-electron chi connectivity index (χ4n) is 2.33. The third-order valence-electron chi connectivity index (χ3n) is 4.28. The summed E-state index contributed by atoms with van der Waals surface area (Å²) in [5, 5.41) is 8.25. The minimum Gasteiger partial charge on any atom is -0.418 e. The smallest absolute Gasteiger partial charge is 0.247 e. The number of rotatable bonds is 8. The Morgan fingerprint density at radius 2 is 2.00 bits per heavy atom. The maximum absolute atomic E-state index is 5.75. The molecule has 138 valence electrons. The van der Waals surface area contributed by atoms with E-state index in [9.17, 15) is 0 Å². The van der Waals surface area contributed by atoms with Gasteiger partial charge < -0.3 is 14.1 Å². The average Bonchev–Trinajstić information content (AvgIpc) is 3.06. The van der Waals surface area contributed by atoms with Gasteiger partial charge in [-0.05, 0) is 51.3 Å². The molecule has 0 aliphatic rings. The predicted octanol–water partition coefficient (Wildman–Crippen LogP) is 4.92. The van der Waals surface area contributed by atoms with E-state index in [-0.39, 0.29) is 5.60 Å². The van der Waals surface area contributed by atoms with Crippen molar-refractivity contribution < 1.29 is 9.15 Å². The number of nitrogens with zero attached hydrogens (tertiary/aromatic N) is 3. The van der Waals surface area contributed by atoms with E-state index in [0.29, 0.717) is 18.4 Å². The molecular formula is C20H31N3O2. The molecule has 1 atom stereocenters. The van der Waals surface area contributed by atoms with E-state index in [4.69, 9.17) is 9.15 Å². The molecule has 0 spiro atoms. The molecule has 1 unspecified atom stereocenters. The Kier molecular flexibility index (Phi) is 6.59. The van der Waals surface area contributed by atoms with Crippen LogP contribution in [0, 0.1) is 5.92 Å². The monoisotopic (exact) mass is 345 g/mol. The largest absolute Gasteiger partial charge is 0.418 e. The van der Waals surface area contributed by atoms with Crippen LogP contribution in [0.15, 0.2) is 28.7 Å². The van der Waals surface area contributed by atoms with E-state index >= 15 is 0 Å². The van der Waals surface area contributed by atoms with Gasteiger partial charge in [0.15, 0.2) is 0 Å². The average molecular weight is 345 g/mol. The van der Waals surface area contributed by atoms with Crippen molar-refractivity contribution in [1.82, 2.24) is 10.2 Å². The first-order chi connectivity index (χ1) is 11.8. The van der Waals surface area contributed by atoms with Gasteiger partial charge in [0.25, 0.3) is 0 Å². The summed E-state index contributed by atoms with van der Waals surface area (Å²) in [4.78, 5) is 2.27. The van der Waals surface area contributed by atoms with Gasteiger partial charge in [0.05, 0.1) is 5.60 Å². The summed E-state index contributed by atoms with van der Waals surface area (Å²) < 4.78 is 11.4. The third-order valence-corrected chi connectivity index (χ3v) is 4.28. The van der Waals surface area contributed by atoms with Crippen molar-refractivity contribution in [3.8, 4) is 11.5 Å². The normalized spacial score (nSPS) is 13.0. The quantitative estimate of drug-likeness (QED) is 0.679. The van der Waals surface area contributed by atoms with Gasteiger partial charge in [-0.2, -0.15) is 0 Å². The van der Waals surface area contributed by atoms with Crippen LogP contribution < -0.4 is 4.90 Å². The second-order valence-electron chi connectivity index (χ2n) is 7.68. The Hall–Kier alpha value is -1.88. The maximum atomic E-state index is 5.75. The first kappa shape index (κ1) is 19.4. The van der Waals surface area contributed by atoms with Gasteiger partial charge in [0.2, 0.25) is 11.8 Å². The number of anilines is 1. The first-order valence-electron chi connectivity index (χ1n) is 9.06. The van der Waals surface area contributed by atoms with E-state index in [0.717, 1.165) is 23.7 Å². The maximum Gasteiger partial charge on any atom is 0.247 e. The van der Waals surface area contributed by atoms with Crippen LogP contribution in [0.3, 0.4) is 0 Å². The van der Waals surface area contributed by atoms with Gasteiger partial charge in [-0.3, -0.25) is 0 Å². The van der Waals surface area contributed by atoms with E-state index in [1.807, 2.05) is 32.9 Å². The molecule has 0 radical (unpaired) electrons. The highest BCUT2D eigenvalue weighted by atomic mass is 16.5. The molecular weight excluding hydrogens is 314 g/mol. The zero-order chi connectivity index (χ0) is 18.4. The van der Waals surface area contributed by atoms with Crippen molar-refractivity contribution in [2.24, 2.45) is 5.92 Å². The van der Waals surface area contributed by atoms with E-state index in [2.05, 4.69) is 48.1 Å². The number of hydrogen-bond donors (Lipinski definition) is 0. The van der Waals surface area contributed by atoms with Gasteiger partial charge in [0.1, 0.15) is 6.61 Å². The van der Waals surface area contributed by atoms with Crippen LogP contribution in [0.1, 0.15) is 53.4 Å². The summed E-state index contributed by atoms with van der Waals surface area (Å²) in [5.74, 6) is 1.78. The Labute approximate surface area is 151 Å². The molecule has 0 fully saturated rings. The molecule has 0 bridgehead atoms. The molecule has 1 heterocycles. The molecule has 25 heavy (non-hydrogen) atoms.